The zero-order chi connectivity index (χ0) is 16.9. The number of piperazine rings is 1. The van der Waals surface area contributed by atoms with Crippen LogP contribution in [0.15, 0.2) is 53.7 Å². The average molecular weight is 341 g/mol. The summed E-state index contributed by atoms with van der Waals surface area (Å²) >= 11 is 1.47. The van der Waals surface area contributed by atoms with E-state index in [9.17, 15) is 9.59 Å². The number of carbonyl (C=O) groups is 2. The van der Waals surface area contributed by atoms with Crippen LogP contribution >= 0.6 is 11.8 Å². The first-order valence-corrected chi connectivity index (χ1v) is 8.80. The average Bonchev–Trinajstić information content (AvgIpc) is 2.61. The first-order chi connectivity index (χ1) is 11.6. The highest BCUT2D eigenvalue weighted by Crippen LogP contribution is 2.22. The number of pyridine rings is 1. The molecule has 1 aromatic carbocycles. The van der Waals surface area contributed by atoms with Gasteiger partial charge in [0.2, 0.25) is 11.8 Å². The summed E-state index contributed by atoms with van der Waals surface area (Å²) in [6, 6.07) is 11.6. The van der Waals surface area contributed by atoms with Gasteiger partial charge in [0.1, 0.15) is 6.54 Å². The Morgan fingerprint density at radius 2 is 1.92 bits per heavy atom. The second-order valence-electron chi connectivity index (χ2n) is 5.62. The van der Waals surface area contributed by atoms with Crippen molar-refractivity contribution in [1.29, 1.82) is 0 Å². The summed E-state index contributed by atoms with van der Waals surface area (Å²) in [5.41, 5.74) is 2.00. The van der Waals surface area contributed by atoms with E-state index < -0.39 is 0 Å². The van der Waals surface area contributed by atoms with Crippen molar-refractivity contribution in [2.75, 3.05) is 30.3 Å². The molecule has 0 radical (unpaired) electrons. The fourth-order valence-electron chi connectivity index (χ4n) is 2.68. The Morgan fingerprint density at radius 1 is 1.17 bits per heavy atom. The Hall–Kier alpha value is -2.34. The summed E-state index contributed by atoms with van der Waals surface area (Å²) in [6.07, 6.45) is 3.41. The molecule has 24 heavy (non-hydrogen) atoms. The molecule has 1 saturated heterocycles. The van der Waals surface area contributed by atoms with Gasteiger partial charge in [-0.25, -0.2) is 0 Å². The molecule has 1 aliphatic heterocycles. The largest absolute Gasteiger partial charge is 0.331 e. The molecule has 0 bridgehead atoms. The number of amides is 2. The number of aryl methyl sites for hydroxylation is 1. The number of benzene rings is 1. The predicted octanol–water partition coefficient (Wildman–Crippen LogP) is 2.36. The zero-order valence-corrected chi connectivity index (χ0v) is 14.3. The number of rotatable bonds is 4. The lowest BCUT2D eigenvalue weighted by atomic mass is 10.1. The van der Waals surface area contributed by atoms with Crippen LogP contribution in [0.5, 0.6) is 0 Å². The van der Waals surface area contributed by atoms with Crippen LogP contribution in [-0.2, 0) is 9.59 Å². The van der Waals surface area contributed by atoms with Crippen LogP contribution in [0.3, 0.4) is 0 Å². The van der Waals surface area contributed by atoms with E-state index in [0.29, 0.717) is 18.8 Å². The lowest BCUT2D eigenvalue weighted by Crippen LogP contribution is -2.53. The van der Waals surface area contributed by atoms with Gasteiger partial charge in [0.15, 0.2) is 0 Å². The van der Waals surface area contributed by atoms with Crippen molar-refractivity contribution in [2.24, 2.45) is 0 Å². The Bertz CT molecular complexity index is 736. The molecule has 3 rings (SSSR count). The van der Waals surface area contributed by atoms with Gasteiger partial charge in [0.25, 0.3) is 0 Å². The number of hydrogen-bond acceptors (Lipinski definition) is 4. The van der Waals surface area contributed by atoms with Crippen LogP contribution in [-0.4, -0.2) is 47.1 Å². The lowest BCUT2D eigenvalue weighted by Gasteiger charge is -2.35. The number of hydrogen-bond donors (Lipinski definition) is 0. The molecule has 0 spiro atoms. The molecule has 5 nitrogen and oxygen atoms in total. The number of para-hydroxylation sites is 1. The van der Waals surface area contributed by atoms with Crippen LogP contribution in [0, 0.1) is 6.92 Å². The van der Waals surface area contributed by atoms with Gasteiger partial charge in [0.05, 0.1) is 5.75 Å². The van der Waals surface area contributed by atoms with Gasteiger partial charge in [-0.1, -0.05) is 18.2 Å². The number of aromatic nitrogens is 1. The SMILES string of the molecule is Cc1ccccc1N1CCN(C(=O)CSc2ccncc2)CC1=O. The number of carbonyl (C=O) groups excluding carboxylic acids is 2. The van der Waals surface area contributed by atoms with E-state index in [1.165, 1.54) is 11.8 Å². The molecule has 0 aliphatic carbocycles. The molecular weight excluding hydrogens is 322 g/mol. The summed E-state index contributed by atoms with van der Waals surface area (Å²) in [7, 11) is 0. The highest BCUT2D eigenvalue weighted by atomic mass is 32.2. The Morgan fingerprint density at radius 3 is 2.62 bits per heavy atom. The monoisotopic (exact) mass is 341 g/mol. The molecule has 2 heterocycles. The highest BCUT2D eigenvalue weighted by molar-refractivity contribution is 8.00. The molecular formula is C18H19N3O2S. The Labute approximate surface area is 145 Å². The first kappa shape index (κ1) is 16.5. The molecule has 1 aromatic heterocycles. The number of anilines is 1. The summed E-state index contributed by atoms with van der Waals surface area (Å²) in [4.78, 5) is 33.2. The summed E-state index contributed by atoms with van der Waals surface area (Å²) < 4.78 is 0. The molecule has 124 valence electrons. The lowest BCUT2D eigenvalue weighted by molar-refractivity contribution is -0.134. The van der Waals surface area contributed by atoms with E-state index in [4.69, 9.17) is 0 Å². The normalized spacial score (nSPS) is 14.8. The molecule has 0 unspecified atom stereocenters. The smallest absolute Gasteiger partial charge is 0.246 e. The maximum Gasteiger partial charge on any atom is 0.246 e. The molecule has 1 fully saturated rings. The van der Waals surface area contributed by atoms with Crippen LogP contribution in [0.4, 0.5) is 5.69 Å². The van der Waals surface area contributed by atoms with Crippen molar-refractivity contribution in [3.8, 4) is 0 Å². The maximum atomic E-state index is 12.5. The number of thioether (sulfide) groups is 1. The second-order valence-corrected chi connectivity index (χ2v) is 6.67. The van der Waals surface area contributed by atoms with Crippen molar-refractivity contribution >= 4 is 29.3 Å². The second kappa shape index (κ2) is 7.49. The molecule has 6 heteroatoms. The van der Waals surface area contributed by atoms with Crippen molar-refractivity contribution in [1.82, 2.24) is 9.88 Å². The predicted molar refractivity (Wildman–Crippen MR) is 95.1 cm³/mol. The molecule has 2 aromatic rings. The van der Waals surface area contributed by atoms with Crippen LogP contribution in [0.25, 0.3) is 0 Å². The van der Waals surface area contributed by atoms with E-state index in [1.807, 2.05) is 43.3 Å². The van der Waals surface area contributed by atoms with Gasteiger partial charge < -0.3 is 9.80 Å². The van der Waals surface area contributed by atoms with Gasteiger partial charge in [-0.2, -0.15) is 0 Å². The molecule has 2 amide bonds. The standard InChI is InChI=1S/C18H19N3O2S/c1-14-4-2-3-5-16(14)21-11-10-20(12-17(21)22)18(23)13-24-15-6-8-19-9-7-15/h2-9H,10-13H2,1H3. The topological polar surface area (TPSA) is 53.5 Å². The third kappa shape index (κ3) is 3.76. The van der Waals surface area contributed by atoms with Crippen molar-refractivity contribution in [3.63, 3.8) is 0 Å². The van der Waals surface area contributed by atoms with Crippen molar-refractivity contribution in [3.05, 3.63) is 54.4 Å². The molecule has 0 atom stereocenters. The van der Waals surface area contributed by atoms with E-state index >= 15 is 0 Å². The minimum absolute atomic E-state index is 0.00500. The van der Waals surface area contributed by atoms with E-state index in [1.54, 1.807) is 22.2 Å². The molecule has 0 N–H and O–H groups in total. The van der Waals surface area contributed by atoms with E-state index in [-0.39, 0.29) is 18.4 Å². The van der Waals surface area contributed by atoms with E-state index in [2.05, 4.69) is 4.98 Å². The van der Waals surface area contributed by atoms with Crippen LogP contribution in [0.1, 0.15) is 5.56 Å². The molecule has 0 saturated carbocycles. The quantitative estimate of drug-likeness (QED) is 0.801. The summed E-state index contributed by atoms with van der Waals surface area (Å²) in [6.45, 7) is 3.24. The van der Waals surface area contributed by atoms with Gasteiger partial charge in [0, 0.05) is 36.1 Å². The van der Waals surface area contributed by atoms with Crippen LogP contribution < -0.4 is 4.90 Å². The van der Waals surface area contributed by atoms with Crippen LogP contribution in [0.2, 0.25) is 0 Å². The Balaban J connectivity index is 1.58. The van der Waals surface area contributed by atoms with Crippen molar-refractivity contribution < 1.29 is 9.59 Å². The van der Waals surface area contributed by atoms with Gasteiger partial charge in [-0.3, -0.25) is 14.6 Å². The first-order valence-electron chi connectivity index (χ1n) is 7.82. The fourth-order valence-corrected chi connectivity index (χ4v) is 3.46. The Kier molecular flexibility index (Phi) is 5.15. The minimum atomic E-state index is -0.0298. The highest BCUT2D eigenvalue weighted by Gasteiger charge is 2.28. The summed E-state index contributed by atoms with van der Waals surface area (Å²) in [5, 5.41) is 0. The van der Waals surface area contributed by atoms with E-state index in [0.717, 1.165) is 16.1 Å². The summed E-state index contributed by atoms with van der Waals surface area (Å²) in [5.74, 6) is 0.300. The van der Waals surface area contributed by atoms with Gasteiger partial charge in [-0.05, 0) is 30.7 Å². The molecule has 1 aliphatic rings. The minimum Gasteiger partial charge on any atom is -0.331 e. The van der Waals surface area contributed by atoms with Crippen molar-refractivity contribution in [2.45, 2.75) is 11.8 Å². The number of nitrogens with zero attached hydrogens (tertiary/aromatic N) is 3. The third-order valence-electron chi connectivity index (χ3n) is 3.99. The third-order valence-corrected chi connectivity index (χ3v) is 4.99. The maximum absolute atomic E-state index is 12.5. The fraction of sp³-hybridized carbons (Fsp3) is 0.278. The van der Waals surface area contributed by atoms with Gasteiger partial charge >= 0.3 is 0 Å². The van der Waals surface area contributed by atoms with Gasteiger partial charge in [-0.15, -0.1) is 11.8 Å². The zero-order valence-electron chi connectivity index (χ0n) is 13.5.